The predicted molar refractivity (Wildman–Crippen MR) is 101 cm³/mol. The number of hydrogen-bond donors (Lipinski definition) is 5. The summed E-state index contributed by atoms with van der Waals surface area (Å²) in [5.41, 5.74) is 6.14. The van der Waals surface area contributed by atoms with Crippen molar-refractivity contribution < 1.29 is 48.2 Å². The van der Waals surface area contributed by atoms with E-state index in [2.05, 4.69) is 5.32 Å². The lowest BCUT2D eigenvalue weighted by Gasteiger charge is -2.55. The number of carbonyl (C=O) groups excluding carboxylic acids is 1. The van der Waals surface area contributed by atoms with Crippen molar-refractivity contribution in [2.24, 2.45) is 5.73 Å². The van der Waals surface area contributed by atoms with Gasteiger partial charge in [-0.3, -0.25) is 38.9 Å². The fourth-order valence-corrected chi connectivity index (χ4v) is 5.97. The number of nitrogens with zero attached hydrogens (tertiary/aromatic N) is 2. The Morgan fingerprint density at radius 1 is 1.07 bits per heavy atom. The molecule has 0 bridgehead atoms. The van der Waals surface area contributed by atoms with E-state index in [1.165, 1.54) is 11.8 Å². The first kappa shape index (κ1) is 26.1. The molecule has 1 fully saturated rings. The highest BCUT2D eigenvalue weighted by molar-refractivity contribution is 7.86. The predicted octanol–water partition coefficient (Wildman–Crippen LogP) is -2.78. The van der Waals surface area contributed by atoms with E-state index in [9.17, 15) is 43.7 Å². The van der Waals surface area contributed by atoms with Crippen molar-refractivity contribution in [1.82, 2.24) is 10.2 Å². The van der Waals surface area contributed by atoms with E-state index in [-0.39, 0.29) is 26.2 Å². The Bertz CT molecular complexity index is 940. The molecule has 0 spiro atoms. The first-order valence-electron chi connectivity index (χ1n) is 8.31. The second kappa shape index (κ2) is 8.31. The molecule has 0 aliphatic carbocycles. The minimum atomic E-state index is -4.83. The highest BCUT2D eigenvalue weighted by Gasteiger charge is 2.59. The molecule has 17 heteroatoms. The summed E-state index contributed by atoms with van der Waals surface area (Å²) < 4.78 is 97.1. The van der Waals surface area contributed by atoms with Crippen molar-refractivity contribution in [3.63, 3.8) is 0 Å². The van der Waals surface area contributed by atoms with Crippen LogP contribution in [0.25, 0.3) is 0 Å². The maximum atomic E-state index is 11.9. The molecule has 1 amide bonds. The molecule has 0 aromatic rings. The largest absolute Gasteiger partial charge is 0.319 e. The third-order valence-electron chi connectivity index (χ3n) is 5.23. The molecular weight excluding hydrogens is 456 g/mol. The molecule has 0 aromatic carbocycles. The molecule has 6 N–H and O–H groups in total. The molecule has 1 rings (SSSR count). The van der Waals surface area contributed by atoms with Gasteiger partial charge < -0.3 is 0 Å². The van der Waals surface area contributed by atoms with Crippen LogP contribution >= 0.6 is 0 Å². The molecule has 172 valence electrons. The Kier molecular flexibility index (Phi) is 7.48. The van der Waals surface area contributed by atoms with Gasteiger partial charge in [0.1, 0.15) is 5.37 Å². The molecule has 0 aromatic heterocycles. The number of quaternary nitrogens is 1. The Morgan fingerprint density at radius 2 is 1.52 bits per heavy atom. The van der Waals surface area contributed by atoms with Gasteiger partial charge in [-0.15, -0.1) is 0 Å². The monoisotopic (exact) mass is 483 g/mol. The van der Waals surface area contributed by atoms with E-state index in [0.29, 0.717) is 0 Å². The Labute approximate surface area is 169 Å². The van der Waals surface area contributed by atoms with Crippen LogP contribution in [0.5, 0.6) is 0 Å². The van der Waals surface area contributed by atoms with Crippen molar-refractivity contribution in [1.29, 1.82) is 0 Å². The second-order valence-electron chi connectivity index (χ2n) is 7.08. The van der Waals surface area contributed by atoms with Gasteiger partial charge in [0.2, 0.25) is 17.1 Å². The first-order chi connectivity index (χ1) is 12.8. The summed E-state index contributed by atoms with van der Waals surface area (Å²) in [6.45, 7) is 2.18. The van der Waals surface area contributed by atoms with Crippen molar-refractivity contribution >= 4 is 36.3 Å². The zero-order valence-electron chi connectivity index (χ0n) is 16.1. The van der Waals surface area contributed by atoms with Gasteiger partial charge in [-0.2, -0.15) is 25.3 Å². The van der Waals surface area contributed by atoms with Crippen LogP contribution in [0.4, 0.5) is 0 Å². The summed E-state index contributed by atoms with van der Waals surface area (Å²) in [7, 11) is -14.1. The van der Waals surface area contributed by atoms with Gasteiger partial charge in [-0.05, 0) is 6.92 Å². The Morgan fingerprint density at radius 3 is 1.83 bits per heavy atom. The summed E-state index contributed by atoms with van der Waals surface area (Å²) in [6.07, 6.45) is 0. The van der Waals surface area contributed by atoms with Crippen molar-refractivity contribution in [2.75, 3.05) is 31.9 Å². The number of hydrogen-bond acceptors (Lipinski definition) is 9. The van der Waals surface area contributed by atoms with E-state index < -0.39 is 63.0 Å². The van der Waals surface area contributed by atoms with Crippen molar-refractivity contribution in [3.8, 4) is 0 Å². The van der Waals surface area contributed by atoms with Gasteiger partial charge in [0.25, 0.3) is 20.2 Å². The molecule has 0 saturated carbocycles. The Balaban J connectivity index is 3.53. The number of rotatable bonds is 8. The van der Waals surface area contributed by atoms with Crippen LogP contribution in [0, 0.1) is 0 Å². The average molecular weight is 484 g/mol. The van der Waals surface area contributed by atoms with Crippen LogP contribution in [0.1, 0.15) is 20.8 Å². The van der Waals surface area contributed by atoms with E-state index in [0.717, 1.165) is 13.8 Å². The average Bonchev–Trinajstić information content (AvgIpc) is 2.49. The zero-order valence-corrected chi connectivity index (χ0v) is 18.5. The van der Waals surface area contributed by atoms with E-state index in [1.807, 2.05) is 0 Å². The molecule has 29 heavy (non-hydrogen) atoms. The van der Waals surface area contributed by atoms with Crippen LogP contribution in [0.2, 0.25) is 0 Å². The summed E-state index contributed by atoms with van der Waals surface area (Å²) in [4.78, 5) is 13.0. The summed E-state index contributed by atoms with van der Waals surface area (Å²) in [6, 6.07) is 0. The maximum Gasteiger partial charge on any atom is 0.319 e. The minimum absolute atomic E-state index is 0.190. The molecule has 1 aliphatic heterocycles. The highest BCUT2D eigenvalue weighted by Crippen LogP contribution is 2.31. The number of amides is 1. The maximum absolute atomic E-state index is 11.9. The zero-order chi connectivity index (χ0) is 23.1. The molecule has 1 saturated heterocycles. The Hall–Kier alpha value is -0.920. The molecule has 1 aliphatic rings. The van der Waals surface area contributed by atoms with Gasteiger partial charge >= 0.3 is 10.1 Å². The molecule has 0 radical (unpaired) electrons. The number of carbonyl (C=O) groups is 1. The topological polar surface area (TPSA) is 221 Å². The SMILES string of the molecule is CC(=O)NC(N)(CS(=O)(=O)O)[N+]1(C(C)S(=O)(=O)O)CCN(C(C)S(=O)(=O)O)CC1. The minimum Gasteiger partial charge on any atom is -0.290 e. The van der Waals surface area contributed by atoms with Crippen LogP contribution in [-0.4, -0.2) is 103 Å². The van der Waals surface area contributed by atoms with E-state index in [1.54, 1.807) is 0 Å². The molecule has 1 heterocycles. The molecule has 14 nitrogen and oxygen atoms in total. The normalized spacial score (nSPS) is 23.0. The van der Waals surface area contributed by atoms with Gasteiger partial charge in [0.05, 0.1) is 13.1 Å². The highest BCUT2D eigenvalue weighted by atomic mass is 32.2. The van der Waals surface area contributed by atoms with Crippen LogP contribution in [0.15, 0.2) is 0 Å². The van der Waals surface area contributed by atoms with Crippen LogP contribution in [-0.2, 0) is 35.1 Å². The summed E-state index contributed by atoms with van der Waals surface area (Å²) in [5, 5.41) is -0.932. The number of nitrogens with two attached hydrogens (primary N) is 1. The molecule has 3 unspecified atom stereocenters. The second-order valence-corrected chi connectivity index (χ2v) is 12.0. The molecular formula is C12H27N4O10S3+. The van der Waals surface area contributed by atoms with Crippen molar-refractivity contribution in [3.05, 3.63) is 0 Å². The van der Waals surface area contributed by atoms with E-state index in [4.69, 9.17) is 5.73 Å². The third kappa shape index (κ3) is 6.05. The first-order valence-corrected chi connectivity index (χ1v) is 12.9. The number of nitrogens with one attached hydrogen (secondary N) is 1. The van der Waals surface area contributed by atoms with Gasteiger partial charge in [0, 0.05) is 26.9 Å². The third-order valence-corrected chi connectivity index (χ3v) is 8.47. The smallest absolute Gasteiger partial charge is 0.290 e. The fourth-order valence-electron chi connectivity index (χ4n) is 3.59. The van der Waals surface area contributed by atoms with Crippen LogP contribution in [0.3, 0.4) is 0 Å². The summed E-state index contributed by atoms with van der Waals surface area (Å²) >= 11 is 0. The lowest BCUT2D eigenvalue weighted by atomic mass is 10.1. The standard InChI is InChI=1S/C12H26N4O10S3/c1-9(17)14-12(13,8-27(18,19)20)16(11(3)29(24,25)26)6-4-15(5-7-16)10(2)28(21,22)23/h10-11H,4-8,13H2,1-3H3,(H3-,14,17,18,19,20,21,22,23,24,25,26)/p+1. The lowest BCUT2D eigenvalue weighted by Crippen LogP contribution is -2.85. The molecule has 3 atom stereocenters. The van der Waals surface area contributed by atoms with E-state index >= 15 is 0 Å². The number of piperazine rings is 1. The van der Waals surface area contributed by atoms with Crippen molar-refractivity contribution in [2.45, 2.75) is 37.3 Å². The lowest BCUT2D eigenvalue weighted by molar-refractivity contribution is -0.987. The van der Waals surface area contributed by atoms with Gasteiger partial charge in [-0.25, -0.2) is 0 Å². The summed E-state index contributed by atoms with van der Waals surface area (Å²) in [5.74, 6) is -4.47. The fraction of sp³-hybridized carbons (Fsp3) is 0.917. The van der Waals surface area contributed by atoms with Crippen LogP contribution < -0.4 is 11.1 Å². The van der Waals surface area contributed by atoms with Gasteiger partial charge in [0.15, 0.2) is 5.75 Å². The van der Waals surface area contributed by atoms with Gasteiger partial charge in [-0.1, -0.05) is 0 Å². The quantitative estimate of drug-likeness (QED) is 0.134.